The Morgan fingerprint density at radius 1 is 1.26 bits per heavy atom. The zero-order chi connectivity index (χ0) is 12.8. The molecule has 0 radical (unpaired) electrons. The van der Waals surface area contributed by atoms with Crippen LogP contribution in [0, 0.1) is 6.92 Å². The van der Waals surface area contributed by atoms with Gasteiger partial charge in [0.1, 0.15) is 0 Å². The molecule has 0 bridgehead atoms. The Morgan fingerprint density at radius 2 is 2.05 bits per heavy atom. The number of rotatable bonds is 2. The first kappa shape index (κ1) is 11.2. The van der Waals surface area contributed by atoms with Gasteiger partial charge in [-0.2, -0.15) is 5.10 Å². The molecule has 1 saturated heterocycles. The highest BCUT2D eigenvalue weighted by molar-refractivity contribution is 5.69. The number of ether oxygens (including phenoxy) is 1. The molecule has 0 atom stereocenters. The number of imidazole rings is 1. The molecule has 1 aliphatic carbocycles. The number of anilines is 1. The first-order valence-corrected chi connectivity index (χ1v) is 7.01. The molecule has 0 spiro atoms. The molecule has 19 heavy (non-hydrogen) atoms. The smallest absolute Gasteiger partial charge is 0.177 e. The molecule has 2 aromatic rings. The molecule has 2 fully saturated rings. The Kier molecular flexibility index (Phi) is 2.48. The molecule has 5 heteroatoms. The Labute approximate surface area is 112 Å². The standard InChI is InChI=1S/C14H18N4O/c1-10-9-18-14(15-10)13(17-4-6-19-7-5-17)8-12(16-18)11-2-3-11/h8-9,11H,2-7H2,1H3. The first-order chi connectivity index (χ1) is 9.31. The van der Waals surface area contributed by atoms with E-state index < -0.39 is 0 Å². The van der Waals surface area contributed by atoms with Gasteiger partial charge in [-0.1, -0.05) is 0 Å². The van der Waals surface area contributed by atoms with Crippen LogP contribution in [0.25, 0.3) is 5.65 Å². The van der Waals surface area contributed by atoms with Crippen molar-refractivity contribution in [3.63, 3.8) is 0 Å². The van der Waals surface area contributed by atoms with E-state index in [2.05, 4.69) is 16.0 Å². The number of hydrogen-bond acceptors (Lipinski definition) is 4. The van der Waals surface area contributed by atoms with E-state index >= 15 is 0 Å². The topological polar surface area (TPSA) is 42.7 Å². The molecule has 3 heterocycles. The summed E-state index contributed by atoms with van der Waals surface area (Å²) >= 11 is 0. The number of morpholine rings is 1. The molecule has 4 rings (SSSR count). The number of aromatic nitrogens is 3. The Hall–Kier alpha value is -1.62. The third-order valence-corrected chi connectivity index (χ3v) is 3.89. The van der Waals surface area contributed by atoms with Crippen LogP contribution in [0.1, 0.15) is 30.1 Å². The first-order valence-electron chi connectivity index (χ1n) is 7.01. The van der Waals surface area contributed by atoms with Crippen LogP contribution in [0.3, 0.4) is 0 Å². The van der Waals surface area contributed by atoms with Crippen LogP contribution in [0.2, 0.25) is 0 Å². The minimum Gasteiger partial charge on any atom is -0.378 e. The molecule has 100 valence electrons. The second-order valence-corrected chi connectivity index (χ2v) is 5.48. The molecule has 5 nitrogen and oxygen atoms in total. The van der Waals surface area contributed by atoms with Crippen LogP contribution < -0.4 is 4.90 Å². The van der Waals surface area contributed by atoms with Crippen LogP contribution >= 0.6 is 0 Å². The predicted molar refractivity (Wildman–Crippen MR) is 72.7 cm³/mol. The maximum absolute atomic E-state index is 5.44. The average Bonchev–Trinajstić information content (AvgIpc) is 3.20. The van der Waals surface area contributed by atoms with Crippen molar-refractivity contribution in [3.8, 4) is 0 Å². The van der Waals surface area contributed by atoms with Gasteiger partial charge in [0.25, 0.3) is 0 Å². The summed E-state index contributed by atoms with van der Waals surface area (Å²) in [5.74, 6) is 0.659. The van der Waals surface area contributed by atoms with Crippen LogP contribution in [0.15, 0.2) is 12.3 Å². The predicted octanol–water partition coefficient (Wildman–Crippen LogP) is 1.75. The SMILES string of the molecule is Cc1cn2nc(C3CC3)cc(N3CCOCC3)c2n1. The summed E-state index contributed by atoms with van der Waals surface area (Å²) in [5, 5.41) is 4.71. The number of nitrogens with zero attached hydrogens (tertiary/aromatic N) is 4. The highest BCUT2D eigenvalue weighted by Gasteiger charge is 2.27. The van der Waals surface area contributed by atoms with E-state index in [0.717, 1.165) is 37.6 Å². The lowest BCUT2D eigenvalue weighted by Gasteiger charge is -2.29. The van der Waals surface area contributed by atoms with Crippen LogP contribution in [0.4, 0.5) is 5.69 Å². The summed E-state index contributed by atoms with van der Waals surface area (Å²) in [6.07, 6.45) is 4.56. The largest absolute Gasteiger partial charge is 0.378 e. The van der Waals surface area contributed by atoms with E-state index in [1.165, 1.54) is 24.2 Å². The molecule has 1 aliphatic heterocycles. The van der Waals surface area contributed by atoms with Crippen molar-refractivity contribution < 1.29 is 4.74 Å². The van der Waals surface area contributed by atoms with Crippen LogP contribution in [0.5, 0.6) is 0 Å². The summed E-state index contributed by atoms with van der Waals surface area (Å²) < 4.78 is 7.40. The molecule has 0 aromatic carbocycles. The monoisotopic (exact) mass is 258 g/mol. The van der Waals surface area contributed by atoms with Crippen molar-refractivity contribution in [3.05, 3.63) is 23.7 Å². The quantitative estimate of drug-likeness (QED) is 0.823. The normalized spacial score (nSPS) is 20.2. The van der Waals surface area contributed by atoms with Gasteiger partial charge in [-0.15, -0.1) is 0 Å². The maximum Gasteiger partial charge on any atom is 0.177 e. The molecular weight excluding hydrogens is 240 g/mol. The lowest BCUT2D eigenvalue weighted by Crippen LogP contribution is -2.36. The van der Waals surface area contributed by atoms with Crippen LogP contribution in [-0.4, -0.2) is 40.9 Å². The van der Waals surface area contributed by atoms with Crippen molar-refractivity contribution in [1.82, 2.24) is 14.6 Å². The number of fused-ring (bicyclic) bond motifs is 1. The molecule has 1 saturated carbocycles. The summed E-state index contributed by atoms with van der Waals surface area (Å²) in [6.45, 7) is 5.50. The van der Waals surface area contributed by atoms with Gasteiger partial charge >= 0.3 is 0 Å². The Bertz CT molecular complexity index is 611. The maximum atomic E-state index is 5.44. The van der Waals surface area contributed by atoms with E-state index in [0.29, 0.717) is 5.92 Å². The van der Waals surface area contributed by atoms with Gasteiger partial charge in [-0.3, -0.25) is 0 Å². The second kappa shape index (κ2) is 4.20. The lowest BCUT2D eigenvalue weighted by molar-refractivity contribution is 0.123. The Morgan fingerprint density at radius 3 is 2.79 bits per heavy atom. The van der Waals surface area contributed by atoms with Crippen molar-refractivity contribution in [2.75, 3.05) is 31.2 Å². The van der Waals surface area contributed by atoms with Gasteiger partial charge in [-0.25, -0.2) is 9.50 Å². The summed E-state index contributed by atoms with van der Waals surface area (Å²) in [5.41, 5.74) is 4.43. The lowest BCUT2D eigenvalue weighted by atomic mass is 10.2. The van der Waals surface area contributed by atoms with Crippen molar-refractivity contribution in [2.45, 2.75) is 25.7 Å². The Balaban J connectivity index is 1.85. The molecule has 0 amide bonds. The zero-order valence-electron chi connectivity index (χ0n) is 11.2. The molecular formula is C14H18N4O. The minimum atomic E-state index is 0.659. The highest BCUT2D eigenvalue weighted by Crippen LogP contribution is 2.40. The van der Waals surface area contributed by atoms with E-state index in [1.807, 2.05) is 17.6 Å². The third-order valence-electron chi connectivity index (χ3n) is 3.89. The zero-order valence-corrected chi connectivity index (χ0v) is 11.2. The van der Waals surface area contributed by atoms with E-state index in [-0.39, 0.29) is 0 Å². The van der Waals surface area contributed by atoms with Gasteiger partial charge in [0.2, 0.25) is 0 Å². The summed E-state index contributed by atoms with van der Waals surface area (Å²) in [7, 11) is 0. The fourth-order valence-corrected chi connectivity index (χ4v) is 2.71. The van der Waals surface area contributed by atoms with Crippen molar-refractivity contribution in [1.29, 1.82) is 0 Å². The number of aryl methyl sites for hydroxylation is 1. The van der Waals surface area contributed by atoms with E-state index in [9.17, 15) is 0 Å². The van der Waals surface area contributed by atoms with Gasteiger partial charge in [0.05, 0.1) is 36.5 Å². The van der Waals surface area contributed by atoms with E-state index in [4.69, 9.17) is 9.84 Å². The molecule has 0 N–H and O–H groups in total. The van der Waals surface area contributed by atoms with Crippen LogP contribution in [-0.2, 0) is 4.74 Å². The third kappa shape index (κ3) is 1.98. The number of hydrogen-bond donors (Lipinski definition) is 0. The summed E-state index contributed by atoms with van der Waals surface area (Å²) in [6, 6.07) is 2.24. The minimum absolute atomic E-state index is 0.659. The average molecular weight is 258 g/mol. The van der Waals surface area contributed by atoms with Crippen molar-refractivity contribution >= 4 is 11.3 Å². The van der Waals surface area contributed by atoms with Gasteiger partial charge in [0, 0.05) is 19.0 Å². The van der Waals surface area contributed by atoms with Gasteiger partial charge < -0.3 is 9.64 Å². The summed E-state index contributed by atoms with van der Waals surface area (Å²) in [4.78, 5) is 7.00. The molecule has 2 aliphatic rings. The van der Waals surface area contributed by atoms with Gasteiger partial charge in [-0.05, 0) is 25.8 Å². The fourth-order valence-electron chi connectivity index (χ4n) is 2.71. The van der Waals surface area contributed by atoms with E-state index in [1.54, 1.807) is 0 Å². The van der Waals surface area contributed by atoms with Crippen molar-refractivity contribution in [2.24, 2.45) is 0 Å². The molecule has 2 aromatic heterocycles. The van der Waals surface area contributed by atoms with Gasteiger partial charge in [0.15, 0.2) is 5.65 Å². The fraction of sp³-hybridized carbons (Fsp3) is 0.571. The second-order valence-electron chi connectivity index (χ2n) is 5.48. The molecule has 0 unspecified atom stereocenters. The highest BCUT2D eigenvalue weighted by atomic mass is 16.5.